The molecule has 5 nitrogen and oxygen atoms in total. The number of nitrogens with one attached hydrogen (secondary N) is 1. The lowest BCUT2D eigenvalue weighted by molar-refractivity contribution is 0.0951. The summed E-state index contributed by atoms with van der Waals surface area (Å²) in [6, 6.07) is 21.2. The van der Waals surface area contributed by atoms with Gasteiger partial charge in [0, 0.05) is 22.5 Å². The fourth-order valence-corrected chi connectivity index (χ4v) is 3.68. The highest BCUT2D eigenvalue weighted by molar-refractivity contribution is 6.30. The predicted molar refractivity (Wildman–Crippen MR) is 128 cm³/mol. The van der Waals surface area contributed by atoms with Crippen LogP contribution in [0, 0.1) is 0 Å². The van der Waals surface area contributed by atoms with Gasteiger partial charge in [-0.05, 0) is 53.9 Å². The van der Waals surface area contributed by atoms with Crippen molar-refractivity contribution in [1.82, 2.24) is 15.1 Å². The van der Waals surface area contributed by atoms with E-state index in [2.05, 4.69) is 17.3 Å². The average Bonchev–Trinajstić information content (AvgIpc) is 3.20. The highest BCUT2D eigenvalue weighted by atomic mass is 35.5. The van der Waals surface area contributed by atoms with Gasteiger partial charge in [0.15, 0.2) is 0 Å². The first-order valence-electron chi connectivity index (χ1n) is 10.8. The molecule has 6 heteroatoms. The van der Waals surface area contributed by atoms with Crippen molar-refractivity contribution in [3.05, 3.63) is 94.6 Å². The van der Waals surface area contributed by atoms with Crippen LogP contribution in [0.2, 0.25) is 5.02 Å². The summed E-state index contributed by atoms with van der Waals surface area (Å²) >= 11 is 6.10. The largest absolute Gasteiger partial charge is 0.494 e. The fourth-order valence-electron chi connectivity index (χ4n) is 3.47. The standard InChI is InChI=1S/C26H26ClN3O2/c1-2-3-13-32-24-11-7-19(8-12-24)16-28-26(31)21-9-10-22-17-29-30(25(22)15-21)18-20-5-4-6-23(27)14-20/h4-12,14-15,17H,2-3,13,16,18H2,1H3,(H,28,31). The van der Waals surface area contributed by atoms with Crippen LogP contribution in [0.3, 0.4) is 0 Å². The van der Waals surface area contributed by atoms with Gasteiger partial charge in [0.1, 0.15) is 5.75 Å². The van der Waals surface area contributed by atoms with Gasteiger partial charge in [0.2, 0.25) is 0 Å². The molecule has 0 radical (unpaired) electrons. The van der Waals surface area contributed by atoms with Gasteiger partial charge in [0.05, 0.1) is 24.9 Å². The molecule has 0 bridgehead atoms. The quantitative estimate of drug-likeness (QED) is 0.327. The highest BCUT2D eigenvalue weighted by Gasteiger charge is 2.10. The zero-order chi connectivity index (χ0) is 22.3. The molecule has 0 aliphatic carbocycles. The molecule has 0 spiro atoms. The van der Waals surface area contributed by atoms with Crippen LogP contribution in [-0.4, -0.2) is 22.3 Å². The number of halogens is 1. The van der Waals surface area contributed by atoms with E-state index in [1.807, 2.05) is 77.6 Å². The molecule has 0 aliphatic rings. The molecule has 1 heterocycles. The van der Waals surface area contributed by atoms with Crippen LogP contribution in [0.4, 0.5) is 0 Å². The van der Waals surface area contributed by atoms with Gasteiger partial charge in [-0.3, -0.25) is 9.48 Å². The first-order valence-corrected chi connectivity index (χ1v) is 11.2. The van der Waals surface area contributed by atoms with Crippen LogP contribution >= 0.6 is 11.6 Å². The van der Waals surface area contributed by atoms with Crippen molar-refractivity contribution in [2.75, 3.05) is 6.61 Å². The number of carbonyl (C=O) groups excluding carboxylic acids is 1. The molecule has 3 aromatic carbocycles. The predicted octanol–water partition coefficient (Wildman–Crippen LogP) is 5.85. The molecule has 0 fully saturated rings. The Labute approximate surface area is 193 Å². The van der Waals surface area contributed by atoms with Crippen LogP contribution in [0.25, 0.3) is 10.9 Å². The number of nitrogens with zero attached hydrogens (tertiary/aromatic N) is 2. The first-order chi connectivity index (χ1) is 15.6. The number of hydrogen-bond donors (Lipinski definition) is 1. The minimum absolute atomic E-state index is 0.120. The summed E-state index contributed by atoms with van der Waals surface area (Å²) in [7, 11) is 0. The molecule has 0 aliphatic heterocycles. The summed E-state index contributed by atoms with van der Waals surface area (Å²) in [4.78, 5) is 12.8. The lowest BCUT2D eigenvalue weighted by Crippen LogP contribution is -2.22. The van der Waals surface area contributed by atoms with E-state index >= 15 is 0 Å². The van der Waals surface area contributed by atoms with Gasteiger partial charge in [-0.15, -0.1) is 0 Å². The van der Waals surface area contributed by atoms with Gasteiger partial charge in [-0.2, -0.15) is 5.10 Å². The van der Waals surface area contributed by atoms with Gasteiger partial charge < -0.3 is 10.1 Å². The molecule has 32 heavy (non-hydrogen) atoms. The molecule has 164 valence electrons. The van der Waals surface area contributed by atoms with Crippen molar-refractivity contribution in [3.63, 3.8) is 0 Å². The van der Waals surface area contributed by atoms with Gasteiger partial charge >= 0.3 is 0 Å². The Kier molecular flexibility index (Phi) is 7.07. The molecule has 1 amide bonds. The maximum absolute atomic E-state index is 12.8. The summed E-state index contributed by atoms with van der Waals surface area (Å²) in [5.74, 6) is 0.734. The van der Waals surface area contributed by atoms with Crippen LogP contribution in [0.1, 0.15) is 41.3 Å². The van der Waals surface area contributed by atoms with E-state index in [-0.39, 0.29) is 5.91 Å². The minimum atomic E-state index is -0.120. The summed E-state index contributed by atoms with van der Waals surface area (Å²) in [6.45, 7) is 3.90. The van der Waals surface area contributed by atoms with Crippen molar-refractivity contribution >= 4 is 28.4 Å². The second kappa shape index (κ2) is 10.3. The molecule has 1 aromatic heterocycles. The molecular weight excluding hydrogens is 422 g/mol. The van der Waals surface area contributed by atoms with E-state index in [1.54, 1.807) is 0 Å². The molecular formula is C26H26ClN3O2. The Balaban J connectivity index is 1.41. The smallest absolute Gasteiger partial charge is 0.251 e. The molecule has 0 saturated carbocycles. The van der Waals surface area contributed by atoms with E-state index < -0.39 is 0 Å². The Morgan fingerprint density at radius 1 is 1.06 bits per heavy atom. The van der Waals surface area contributed by atoms with Gasteiger partial charge in [-0.25, -0.2) is 0 Å². The average molecular weight is 448 g/mol. The van der Waals surface area contributed by atoms with Crippen LogP contribution < -0.4 is 10.1 Å². The third-order valence-corrected chi connectivity index (χ3v) is 5.51. The molecule has 0 unspecified atom stereocenters. The van der Waals surface area contributed by atoms with Crippen molar-refractivity contribution in [1.29, 1.82) is 0 Å². The fraction of sp³-hybridized carbons (Fsp3) is 0.231. The Bertz CT molecular complexity index is 1200. The number of amides is 1. The summed E-state index contributed by atoms with van der Waals surface area (Å²) < 4.78 is 7.57. The molecule has 0 saturated heterocycles. The number of rotatable bonds is 9. The maximum Gasteiger partial charge on any atom is 0.251 e. The number of ether oxygens (including phenoxy) is 1. The second-order valence-electron chi connectivity index (χ2n) is 7.73. The van der Waals surface area contributed by atoms with Crippen LogP contribution in [0.5, 0.6) is 5.75 Å². The van der Waals surface area contributed by atoms with Crippen molar-refractivity contribution in [2.24, 2.45) is 0 Å². The number of hydrogen-bond acceptors (Lipinski definition) is 3. The molecule has 0 atom stereocenters. The zero-order valence-corrected chi connectivity index (χ0v) is 18.8. The zero-order valence-electron chi connectivity index (χ0n) is 18.1. The summed E-state index contributed by atoms with van der Waals surface area (Å²) in [5, 5.41) is 9.16. The third-order valence-electron chi connectivity index (χ3n) is 5.27. The number of fused-ring (bicyclic) bond motifs is 1. The van der Waals surface area contributed by atoms with Crippen LogP contribution in [-0.2, 0) is 13.1 Å². The number of unbranched alkanes of at least 4 members (excludes halogenated alkanes) is 1. The number of carbonyl (C=O) groups is 1. The minimum Gasteiger partial charge on any atom is -0.494 e. The van der Waals surface area contributed by atoms with Gasteiger partial charge in [-0.1, -0.05) is 55.3 Å². The van der Waals surface area contributed by atoms with E-state index in [0.717, 1.165) is 47.2 Å². The van der Waals surface area contributed by atoms with E-state index in [1.165, 1.54) is 0 Å². The monoisotopic (exact) mass is 447 g/mol. The summed E-state index contributed by atoms with van der Waals surface area (Å²) in [5.41, 5.74) is 3.59. The first kappa shape index (κ1) is 21.9. The molecule has 4 rings (SSSR count). The van der Waals surface area contributed by atoms with Crippen molar-refractivity contribution in [2.45, 2.75) is 32.9 Å². The van der Waals surface area contributed by atoms with E-state index in [4.69, 9.17) is 16.3 Å². The van der Waals surface area contributed by atoms with Crippen LogP contribution in [0.15, 0.2) is 72.9 Å². The lowest BCUT2D eigenvalue weighted by Gasteiger charge is -2.09. The van der Waals surface area contributed by atoms with E-state index in [9.17, 15) is 4.79 Å². The number of aromatic nitrogens is 2. The molecule has 1 N–H and O–H groups in total. The topological polar surface area (TPSA) is 56.1 Å². The van der Waals surface area contributed by atoms with Gasteiger partial charge in [0.25, 0.3) is 5.91 Å². The Hall–Kier alpha value is -3.31. The second-order valence-corrected chi connectivity index (χ2v) is 8.17. The van der Waals surface area contributed by atoms with Crippen molar-refractivity contribution < 1.29 is 9.53 Å². The third kappa shape index (κ3) is 5.48. The number of benzene rings is 3. The normalized spacial score (nSPS) is 10.9. The SMILES string of the molecule is CCCCOc1ccc(CNC(=O)c2ccc3cnn(Cc4cccc(Cl)c4)c3c2)cc1. The Morgan fingerprint density at radius 3 is 2.69 bits per heavy atom. The maximum atomic E-state index is 12.8. The summed E-state index contributed by atoms with van der Waals surface area (Å²) in [6.07, 6.45) is 3.96. The van der Waals surface area contributed by atoms with E-state index in [0.29, 0.717) is 23.7 Å². The Morgan fingerprint density at radius 2 is 1.91 bits per heavy atom. The molecule has 4 aromatic rings. The lowest BCUT2D eigenvalue weighted by atomic mass is 10.1. The highest BCUT2D eigenvalue weighted by Crippen LogP contribution is 2.19. The van der Waals surface area contributed by atoms with Crippen molar-refractivity contribution in [3.8, 4) is 5.75 Å².